The molecule has 0 unspecified atom stereocenters. The quantitative estimate of drug-likeness (QED) is 0.105. The first-order valence-electron chi connectivity index (χ1n) is 18.0. The normalized spacial score (nSPS) is 11.0. The van der Waals surface area contributed by atoms with E-state index in [-0.39, 0.29) is 31.4 Å². The Hall–Kier alpha value is -5.99. The molecule has 4 N–H and O–H groups in total. The summed E-state index contributed by atoms with van der Waals surface area (Å²) in [6.45, 7) is 0. The monoisotopic (exact) mass is 927 g/mol. The molecule has 2 amide bonds. The first kappa shape index (κ1) is 43.1. The average Bonchev–Trinajstić information content (AvgIpc) is 3.94. The average molecular weight is 930 g/mol. The molecule has 0 spiro atoms. The lowest BCUT2D eigenvalue weighted by atomic mass is 10.1. The molecule has 0 fully saturated rings. The van der Waals surface area contributed by atoms with Crippen molar-refractivity contribution in [3.8, 4) is 45.3 Å². The second-order valence-electron chi connectivity index (χ2n) is 13.2. The fraction of sp³-hybridized carbons (Fsp3) is 0.0227. The van der Waals surface area contributed by atoms with E-state index in [1.165, 1.54) is 30.3 Å². The molecule has 0 saturated heterocycles. The Morgan fingerprint density at radius 1 is 0.557 bits per heavy atom. The Bertz CT molecular complexity index is 3020. The number of hydrogen-bond acceptors (Lipinski definition) is 7. The van der Waals surface area contributed by atoms with E-state index >= 15 is 0 Å². The number of aromatic nitrogens is 5. The van der Waals surface area contributed by atoms with Gasteiger partial charge in [-0.05, 0) is 77.9 Å². The number of nitrogens with one attached hydrogen (secondary N) is 4. The lowest BCUT2D eigenvalue weighted by Crippen LogP contribution is -2.13. The second kappa shape index (κ2) is 18.7. The topological polar surface area (TPSA) is 163 Å². The summed E-state index contributed by atoms with van der Waals surface area (Å²) in [4.78, 5) is 44.5. The molecule has 8 rings (SSSR count). The van der Waals surface area contributed by atoms with Gasteiger partial charge in [0, 0.05) is 28.8 Å². The molecule has 0 radical (unpaired) electrons. The molecule has 0 saturated carbocycles. The van der Waals surface area contributed by atoms with Crippen LogP contribution in [0.1, 0.15) is 20.7 Å². The Morgan fingerprint density at radius 2 is 1.03 bits per heavy atom. The third-order valence-corrected chi connectivity index (χ3v) is 11.5. The van der Waals surface area contributed by atoms with Gasteiger partial charge in [-0.2, -0.15) is 0 Å². The molecule has 0 aliphatic rings. The van der Waals surface area contributed by atoms with Gasteiger partial charge in [0.1, 0.15) is 22.0 Å². The summed E-state index contributed by atoms with van der Waals surface area (Å²) in [5, 5.41) is 6.80. The number of hydrogen-bond donors (Lipinski definition) is 4. The summed E-state index contributed by atoms with van der Waals surface area (Å²) < 4.78 is 23.3. The summed E-state index contributed by atoms with van der Waals surface area (Å²) in [6.07, 6.45) is 4.53. The number of amides is 2. The molecule has 3 aromatic heterocycles. The lowest BCUT2D eigenvalue weighted by Gasteiger charge is -2.10. The molecule has 0 bridgehead atoms. The number of sulfone groups is 1. The highest BCUT2D eigenvalue weighted by molar-refractivity contribution is 7.90. The molecule has 0 aliphatic heterocycles. The van der Waals surface area contributed by atoms with Gasteiger partial charge in [0.15, 0.2) is 9.84 Å². The number of carbonyl (C=O) groups is 2. The van der Waals surface area contributed by atoms with Gasteiger partial charge in [0.2, 0.25) is 0 Å². The number of aromatic amines is 2. The predicted molar refractivity (Wildman–Crippen MR) is 244 cm³/mol. The molecule has 61 heavy (non-hydrogen) atoms. The van der Waals surface area contributed by atoms with E-state index in [0.717, 1.165) is 28.8 Å². The highest BCUT2D eigenvalue weighted by Gasteiger charge is 2.18. The number of imidazole rings is 2. The van der Waals surface area contributed by atoms with Gasteiger partial charge in [-0.25, -0.2) is 23.4 Å². The van der Waals surface area contributed by atoms with Gasteiger partial charge in [-0.3, -0.25) is 9.59 Å². The molecule has 11 nitrogen and oxygen atoms in total. The Kier molecular flexibility index (Phi) is 13.2. The minimum absolute atomic E-state index is 0.0303. The fourth-order valence-corrected chi connectivity index (χ4v) is 7.73. The number of pyridine rings is 1. The van der Waals surface area contributed by atoms with Crippen molar-refractivity contribution in [1.82, 2.24) is 24.9 Å². The summed E-state index contributed by atoms with van der Waals surface area (Å²) in [7, 11) is -3.43. The number of anilines is 2. The Labute approximate surface area is 375 Å². The maximum atomic E-state index is 12.7. The molecule has 3 heterocycles. The van der Waals surface area contributed by atoms with Crippen LogP contribution in [0.4, 0.5) is 11.4 Å². The number of rotatable bonds is 9. The van der Waals surface area contributed by atoms with Gasteiger partial charge in [0.25, 0.3) is 11.8 Å². The Balaban J connectivity index is 0.000000185. The third kappa shape index (κ3) is 10.5. The van der Waals surface area contributed by atoms with Crippen molar-refractivity contribution in [3.05, 3.63) is 176 Å². The lowest BCUT2D eigenvalue weighted by molar-refractivity contribution is 0.101. The van der Waals surface area contributed by atoms with Crippen LogP contribution < -0.4 is 10.6 Å². The van der Waals surface area contributed by atoms with Crippen molar-refractivity contribution in [2.75, 3.05) is 16.9 Å². The van der Waals surface area contributed by atoms with E-state index in [1.807, 2.05) is 60.7 Å². The predicted octanol–water partition coefficient (Wildman–Crippen LogP) is 12.1. The standard InChI is InChI=1S/C23H17Cl2N3O3S.C21H13Cl3N4O/c1-32(30,31)16-8-9-17(20(25)12-16)23(29)27-15-7-10-19(24)18(11-15)22-26-13-21(28-22)14-5-3-2-4-6-14;22-16-8-6-13(26-21(29)14-7-9-18(23)28-19(14)24)10-15(16)20-25-11-17(27-20)12-4-2-1-3-5-12/h2-13H,1H3,(H,26,28)(H,27,29);1-11H,(H,25,27)(H,26,29). The van der Waals surface area contributed by atoms with Gasteiger partial charge in [0.05, 0.1) is 54.9 Å². The summed E-state index contributed by atoms with van der Waals surface area (Å²) in [5.74, 6) is 0.265. The molecule has 8 aromatic rings. The third-order valence-electron chi connectivity index (χ3n) is 8.95. The van der Waals surface area contributed by atoms with E-state index in [1.54, 1.807) is 48.8 Å². The van der Waals surface area contributed by atoms with Crippen molar-refractivity contribution in [3.63, 3.8) is 0 Å². The molecular formula is C44H30Cl5N7O4S. The molecule has 17 heteroatoms. The van der Waals surface area contributed by atoms with Crippen molar-refractivity contribution in [1.29, 1.82) is 0 Å². The zero-order chi connectivity index (χ0) is 43.3. The highest BCUT2D eigenvalue weighted by Crippen LogP contribution is 2.33. The maximum Gasteiger partial charge on any atom is 0.258 e. The van der Waals surface area contributed by atoms with Crippen LogP contribution in [-0.2, 0) is 9.84 Å². The van der Waals surface area contributed by atoms with Crippen LogP contribution in [0, 0.1) is 0 Å². The van der Waals surface area contributed by atoms with Crippen LogP contribution in [0.3, 0.4) is 0 Å². The molecule has 0 atom stereocenters. The molecule has 306 valence electrons. The van der Waals surface area contributed by atoms with Crippen molar-refractivity contribution >= 4 is 91.0 Å². The molecule has 5 aromatic carbocycles. The summed E-state index contributed by atoms with van der Waals surface area (Å²) >= 11 is 30.7. The van der Waals surface area contributed by atoms with Gasteiger partial charge < -0.3 is 20.6 Å². The maximum absolute atomic E-state index is 12.7. The van der Waals surface area contributed by atoms with Crippen molar-refractivity contribution in [2.45, 2.75) is 4.90 Å². The number of carbonyl (C=O) groups excluding carboxylic acids is 2. The second-order valence-corrected chi connectivity index (χ2v) is 17.2. The largest absolute Gasteiger partial charge is 0.338 e. The van der Waals surface area contributed by atoms with Gasteiger partial charge in [-0.15, -0.1) is 0 Å². The van der Waals surface area contributed by atoms with Crippen LogP contribution >= 0.6 is 58.0 Å². The zero-order valence-corrected chi connectivity index (χ0v) is 36.1. The smallest absolute Gasteiger partial charge is 0.258 e. The van der Waals surface area contributed by atoms with Crippen LogP contribution in [0.2, 0.25) is 25.4 Å². The number of nitrogens with zero attached hydrogens (tertiary/aromatic N) is 3. The SMILES string of the molecule is CS(=O)(=O)c1ccc(C(=O)Nc2ccc(Cl)c(-c3ncc(-c4ccccc4)[nH]3)c2)c(Cl)c1.O=C(Nc1ccc(Cl)c(-c2ncc(-c3ccccc3)[nH]2)c1)c1ccc(Cl)nc1Cl. The van der Waals surface area contributed by atoms with Crippen LogP contribution in [0.5, 0.6) is 0 Å². The van der Waals surface area contributed by atoms with Gasteiger partial charge >= 0.3 is 0 Å². The van der Waals surface area contributed by atoms with Gasteiger partial charge in [-0.1, -0.05) is 119 Å². The van der Waals surface area contributed by atoms with E-state index in [0.29, 0.717) is 44.2 Å². The summed E-state index contributed by atoms with van der Waals surface area (Å²) in [6, 6.07) is 36.7. The van der Waals surface area contributed by atoms with E-state index in [4.69, 9.17) is 58.0 Å². The molecular weight excluding hydrogens is 900 g/mol. The molecule has 0 aliphatic carbocycles. The Morgan fingerprint density at radius 3 is 1.49 bits per heavy atom. The van der Waals surface area contributed by atoms with Crippen LogP contribution in [0.15, 0.2) is 145 Å². The summed E-state index contributed by atoms with van der Waals surface area (Å²) in [5.41, 5.74) is 6.37. The number of halogens is 5. The van der Waals surface area contributed by atoms with Crippen LogP contribution in [0.25, 0.3) is 45.3 Å². The minimum atomic E-state index is -3.43. The minimum Gasteiger partial charge on any atom is -0.338 e. The highest BCUT2D eigenvalue weighted by atomic mass is 35.5. The van der Waals surface area contributed by atoms with E-state index in [2.05, 4.69) is 35.6 Å². The first-order chi connectivity index (χ1) is 29.2. The first-order valence-corrected chi connectivity index (χ1v) is 21.8. The van der Waals surface area contributed by atoms with Crippen molar-refractivity contribution < 1.29 is 18.0 Å². The number of H-pyrrole nitrogens is 2. The van der Waals surface area contributed by atoms with E-state index < -0.39 is 21.7 Å². The van der Waals surface area contributed by atoms with E-state index in [9.17, 15) is 18.0 Å². The van der Waals surface area contributed by atoms with Crippen LogP contribution in [-0.4, -0.2) is 51.4 Å². The fourth-order valence-electron chi connectivity index (χ4n) is 5.90. The van der Waals surface area contributed by atoms with Crippen molar-refractivity contribution in [2.24, 2.45) is 0 Å². The number of benzene rings is 5. The zero-order valence-electron chi connectivity index (χ0n) is 31.6.